The number of pyridine rings is 1. The molecule has 0 saturated carbocycles. The number of carbonyl (C=O) groups excluding carboxylic acids is 2. The first kappa shape index (κ1) is 26.8. The maximum atomic E-state index is 13.3. The normalized spacial score (nSPS) is 20.8. The van der Waals surface area contributed by atoms with Crippen LogP contribution in [0.5, 0.6) is 0 Å². The highest BCUT2D eigenvalue weighted by molar-refractivity contribution is 9.10. The Morgan fingerprint density at radius 3 is 2.41 bits per heavy atom. The van der Waals surface area contributed by atoms with Gasteiger partial charge in [0, 0.05) is 42.6 Å². The van der Waals surface area contributed by atoms with Crippen molar-refractivity contribution in [3.63, 3.8) is 0 Å². The Hall–Kier alpha value is -1.84. The zero-order chi connectivity index (χ0) is 26.3. The molecule has 10 heteroatoms. The number of fused-ring (bicyclic) bond motifs is 2. The zero-order valence-corrected chi connectivity index (χ0v) is 24.5. The van der Waals surface area contributed by atoms with Crippen LogP contribution in [0.1, 0.15) is 60.4 Å². The van der Waals surface area contributed by atoms with Crippen LogP contribution in [0.3, 0.4) is 0 Å². The summed E-state index contributed by atoms with van der Waals surface area (Å²) in [5, 5.41) is 13.9. The highest BCUT2D eigenvalue weighted by Gasteiger charge is 2.39. The van der Waals surface area contributed by atoms with Gasteiger partial charge in [-0.2, -0.15) is 4.73 Å². The Labute approximate surface area is 239 Å². The standard InChI is InChI=1S/C27H31Br2ClN4O3/c28-19-14-18-1-2-21-20(3-4-22(30)25(21)29)24(26(18)34(37)15-19)17-7-11-32(12-8-17)23(35)13-16-5-9-33(10-6-16)27(31)36/h3-4,14-17,24H,1-2,5-13H2,(H2,31,36)/t24-/m1/s1. The first-order valence-electron chi connectivity index (χ1n) is 12.9. The van der Waals surface area contributed by atoms with Crippen LogP contribution in [0.15, 0.2) is 33.3 Å². The molecule has 1 atom stereocenters. The molecule has 7 nitrogen and oxygen atoms in total. The van der Waals surface area contributed by atoms with Gasteiger partial charge < -0.3 is 20.7 Å². The third-order valence-corrected chi connectivity index (χ3v) is 10.3. The Balaban J connectivity index is 1.33. The molecule has 3 amide bonds. The molecule has 1 aromatic heterocycles. The number of piperidine rings is 2. The molecule has 5 rings (SSSR count). The number of carbonyl (C=O) groups is 2. The first-order valence-corrected chi connectivity index (χ1v) is 14.9. The van der Waals surface area contributed by atoms with Crippen LogP contribution in [0, 0.1) is 17.0 Å². The Morgan fingerprint density at radius 1 is 1.05 bits per heavy atom. The summed E-state index contributed by atoms with van der Waals surface area (Å²) in [5.41, 5.74) is 9.60. The molecule has 2 aliphatic heterocycles. The predicted molar refractivity (Wildman–Crippen MR) is 149 cm³/mol. The van der Waals surface area contributed by atoms with Crippen LogP contribution in [0.4, 0.5) is 4.79 Å². The minimum atomic E-state index is -0.380. The van der Waals surface area contributed by atoms with E-state index < -0.39 is 0 Å². The summed E-state index contributed by atoms with van der Waals surface area (Å²) in [7, 11) is 0. The van der Waals surface area contributed by atoms with E-state index in [4.69, 9.17) is 17.3 Å². The predicted octanol–water partition coefficient (Wildman–Crippen LogP) is 5.15. The minimum absolute atomic E-state index is 0.0537. The second-order valence-corrected chi connectivity index (χ2v) is 12.6. The molecule has 198 valence electrons. The van der Waals surface area contributed by atoms with Crippen LogP contribution in [0.25, 0.3) is 0 Å². The second-order valence-electron chi connectivity index (χ2n) is 10.5. The number of benzene rings is 1. The molecule has 1 aliphatic carbocycles. The smallest absolute Gasteiger partial charge is 0.314 e. The number of hydrogen-bond donors (Lipinski definition) is 1. The van der Waals surface area contributed by atoms with E-state index in [0.29, 0.717) is 43.5 Å². The quantitative estimate of drug-likeness (QED) is 0.367. The summed E-state index contributed by atoms with van der Waals surface area (Å²) < 4.78 is 2.73. The van der Waals surface area contributed by atoms with Gasteiger partial charge in [0.25, 0.3) is 0 Å². The van der Waals surface area contributed by atoms with E-state index in [2.05, 4.69) is 44.0 Å². The van der Waals surface area contributed by atoms with Crippen LogP contribution in [-0.4, -0.2) is 47.9 Å². The zero-order valence-electron chi connectivity index (χ0n) is 20.6. The molecule has 0 radical (unpaired) electrons. The van der Waals surface area contributed by atoms with E-state index >= 15 is 0 Å². The number of rotatable bonds is 3. The number of halogens is 3. The van der Waals surface area contributed by atoms with Gasteiger partial charge in [0.05, 0.1) is 15.4 Å². The van der Waals surface area contributed by atoms with Crippen LogP contribution < -0.4 is 10.5 Å². The van der Waals surface area contributed by atoms with Crippen molar-refractivity contribution >= 4 is 55.4 Å². The molecule has 3 heterocycles. The molecule has 1 aromatic carbocycles. The Bertz CT molecular complexity index is 1210. The van der Waals surface area contributed by atoms with Crippen molar-refractivity contribution in [2.75, 3.05) is 26.2 Å². The number of urea groups is 1. The molecule has 2 fully saturated rings. The van der Waals surface area contributed by atoms with Crippen molar-refractivity contribution in [2.45, 2.75) is 50.9 Å². The van der Waals surface area contributed by atoms with E-state index in [1.165, 1.54) is 5.56 Å². The van der Waals surface area contributed by atoms with Crippen molar-refractivity contribution in [3.05, 3.63) is 66.0 Å². The average molecular weight is 655 g/mol. The third kappa shape index (κ3) is 5.50. The highest BCUT2D eigenvalue weighted by Crippen LogP contribution is 2.45. The number of hydrogen-bond acceptors (Lipinski definition) is 3. The SMILES string of the molecule is NC(=O)N1CCC(CC(=O)N2CCC([C@@H]3c4ccc(Cl)c(Br)c4CCc4cc(Br)c[n+]([O-])c43)CC2)CC1. The number of nitrogens with two attached hydrogens (primary N) is 1. The van der Waals surface area contributed by atoms with E-state index in [9.17, 15) is 14.8 Å². The maximum absolute atomic E-state index is 13.3. The van der Waals surface area contributed by atoms with E-state index in [-0.39, 0.29) is 23.8 Å². The summed E-state index contributed by atoms with van der Waals surface area (Å²) >= 11 is 13.7. The van der Waals surface area contributed by atoms with Gasteiger partial charge in [-0.05, 0) is 105 Å². The van der Waals surface area contributed by atoms with Crippen molar-refractivity contribution in [3.8, 4) is 0 Å². The second kappa shape index (κ2) is 11.1. The number of primary amides is 1. The van der Waals surface area contributed by atoms with Crippen molar-refractivity contribution in [1.29, 1.82) is 0 Å². The van der Waals surface area contributed by atoms with Gasteiger partial charge in [-0.1, -0.05) is 17.7 Å². The molecule has 2 N–H and O–H groups in total. The summed E-state index contributed by atoms with van der Waals surface area (Å²) in [6.45, 7) is 2.63. The third-order valence-electron chi connectivity index (χ3n) is 8.38. The first-order chi connectivity index (χ1) is 17.7. The number of amides is 3. The van der Waals surface area contributed by atoms with Crippen molar-refractivity contribution in [1.82, 2.24) is 9.80 Å². The molecular formula is C27H31Br2ClN4O3. The van der Waals surface area contributed by atoms with Gasteiger partial charge >= 0.3 is 6.03 Å². The Morgan fingerprint density at radius 2 is 1.73 bits per heavy atom. The lowest BCUT2D eigenvalue weighted by Gasteiger charge is -2.37. The summed E-state index contributed by atoms with van der Waals surface area (Å²) in [5.74, 6) is 0.673. The summed E-state index contributed by atoms with van der Waals surface area (Å²) in [4.78, 5) is 28.2. The van der Waals surface area contributed by atoms with E-state index in [1.54, 1.807) is 11.1 Å². The number of aromatic nitrogens is 1. The highest BCUT2D eigenvalue weighted by atomic mass is 79.9. The average Bonchev–Trinajstić information content (AvgIpc) is 3.04. The fraction of sp³-hybridized carbons (Fsp3) is 0.519. The lowest BCUT2D eigenvalue weighted by atomic mass is 9.76. The van der Waals surface area contributed by atoms with E-state index in [1.807, 2.05) is 11.0 Å². The monoisotopic (exact) mass is 652 g/mol. The van der Waals surface area contributed by atoms with Crippen LogP contribution in [-0.2, 0) is 17.6 Å². The number of likely N-dealkylation sites (tertiary alicyclic amines) is 2. The number of aryl methyl sites for hydroxylation is 1. The van der Waals surface area contributed by atoms with Gasteiger partial charge in [0.2, 0.25) is 11.6 Å². The molecule has 3 aliphatic rings. The Kier molecular flexibility index (Phi) is 8.03. The van der Waals surface area contributed by atoms with E-state index in [0.717, 1.165) is 69.0 Å². The molecule has 2 aromatic rings. The van der Waals surface area contributed by atoms with Gasteiger partial charge in [-0.3, -0.25) is 4.79 Å². The molecule has 0 bridgehead atoms. The summed E-state index contributed by atoms with van der Waals surface area (Å²) in [6.07, 6.45) is 7.01. The molecule has 37 heavy (non-hydrogen) atoms. The lowest BCUT2D eigenvalue weighted by Crippen LogP contribution is -2.44. The van der Waals surface area contributed by atoms with Crippen molar-refractivity contribution < 1.29 is 14.3 Å². The molecule has 2 saturated heterocycles. The molecule has 0 unspecified atom stereocenters. The van der Waals surface area contributed by atoms with Crippen molar-refractivity contribution in [2.24, 2.45) is 17.6 Å². The molecular weight excluding hydrogens is 624 g/mol. The van der Waals surface area contributed by atoms with Crippen LogP contribution in [0.2, 0.25) is 5.02 Å². The largest absolute Gasteiger partial charge is 0.618 e. The maximum Gasteiger partial charge on any atom is 0.314 e. The van der Waals surface area contributed by atoms with Gasteiger partial charge in [0.1, 0.15) is 0 Å². The van der Waals surface area contributed by atoms with Gasteiger partial charge in [-0.25, -0.2) is 4.79 Å². The fourth-order valence-corrected chi connectivity index (χ4v) is 7.59. The van der Waals surface area contributed by atoms with Gasteiger partial charge in [0.15, 0.2) is 6.20 Å². The number of nitrogens with zero attached hydrogens (tertiary/aromatic N) is 3. The fourth-order valence-electron chi connectivity index (χ4n) is 6.39. The summed E-state index contributed by atoms with van der Waals surface area (Å²) in [6, 6.07) is 5.69. The molecule has 0 spiro atoms. The van der Waals surface area contributed by atoms with Crippen LogP contribution >= 0.6 is 43.5 Å². The topological polar surface area (TPSA) is 93.6 Å². The van der Waals surface area contributed by atoms with Gasteiger partial charge in [-0.15, -0.1) is 0 Å². The lowest BCUT2D eigenvalue weighted by molar-refractivity contribution is -0.616. The minimum Gasteiger partial charge on any atom is -0.618 e.